The van der Waals surface area contributed by atoms with Crippen molar-refractivity contribution in [3.63, 3.8) is 0 Å². The fourth-order valence-electron chi connectivity index (χ4n) is 4.30. The van der Waals surface area contributed by atoms with Crippen LogP contribution in [0.5, 0.6) is 0 Å². The molecular formula is C27H28N2O. The lowest BCUT2D eigenvalue weighted by atomic mass is 9.85. The summed E-state index contributed by atoms with van der Waals surface area (Å²) in [5, 5.41) is 3.02. The largest absolute Gasteiger partial charge is 0.353 e. The third kappa shape index (κ3) is 4.68. The number of benzene rings is 2. The molecule has 2 aromatic carbocycles. The molecule has 0 saturated heterocycles. The average molecular weight is 397 g/mol. The normalized spacial score (nSPS) is 17.0. The van der Waals surface area contributed by atoms with Crippen molar-refractivity contribution in [1.29, 1.82) is 0 Å². The van der Waals surface area contributed by atoms with Crippen molar-refractivity contribution in [3.05, 3.63) is 114 Å². The number of nitrogens with one attached hydrogen (secondary N) is 1. The van der Waals surface area contributed by atoms with Gasteiger partial charge in [-0.3, -0.25) is 9.78 Å². The van der Waals surface area contributed by atoms with Crippen molar-refractivity contribution < 1.29 is 4.79 Å². The van der Waals surface area contributed by atoms with Gasteiger partial charge in [-0.15, -0.1) is 0 Å². The number of aryl methyl sites for hydroxylation is 1. The maximum absolute atomic E-state index is 12.3. The first-order chi connectivity index (χ1) is 14.8. The molecular weight excluding hydrogens is 368 g/mol. The second-order valence-corrected chi connectivity index (χ2v) is 7.98. The van der Waals surface area contributed by atoms with Gasteiger partial charge in [0.25, 0.3) is 0 Å². The molecule has 4 rings (SSSR count). The van der Waals surface area contributed by atoms with Crippen LogP contribution < -0.4 is 5.32 Å². The molecule has 1 aliphatic carbocycles. The molecule has 1 fully saturated rings. The first kappa shape index (κ1) is 20.1. The van der Waals surface area contributed by atoms with Crippen LogP contribution >= 0.6 is 0 Å². The molecule has 1 heterocycles. The summed E-state index contributed by atoms with van der Waals surface area (Å²) in [6, 6.07) is 25.3. The third-order valence-electron chi connectivity index (χ3n) is 5.99. The Kier molecular flexibility index (Phi) is 6.38. The van der Waals surface area contributed by atoms with Gasteiger partial charge in [0.15, 0.2) is 0 Å². The van der Waals surface area contributed by atoms with E-state index in [-0.39, 0.29) is 11.3 Å². The summed E-state index contributed by atoms with van der Waals surface area (Å²) in [6.07, 6.45) is 11.6. The Balaban J connectivity index is 1.30. The Labute approximate surface area is 178 Å². The molecule has 1 amide bonds. The molecule has 3 aromatic rings. The van der Waals surface area contributed by atoms with Gasteiger partial charge < -0.3 is 5.32 Å². The predicted octanol–water partition coefficient (Wildman–Crippen LogP) is 5.08. The van der Waals surface area contributed by atoms with Crippen molar-refractivity contribution in [2.45, 2.75) is 31.1 Å². The Morgan fingerprint density at radius 3 is 2.30 bits per heavy atom. The van der Waals surface area contributed by atoms with E-state index in [1.54, 1.807) is 12.3 Å². The molecule has 0 unspecified atom stereocenters. The maximum Gasteiger partial charge on any atom is 0.243 e. The molecule has 1 aromatic heterocycles. The minimum atomic E-state index is -0.0109. The van der Waals surface area contributed by atoms with Crippen molar-refractivity contribution in [2.75, 3.05) is 6.54 Å². The van der Waals surface area contributed by atoms with Crippen LogP contribution in [-0.4, -0.2) is 17.4 Å². The summed E-state index contributed by atoms with van der Waals surface area (Å²) in [6.45, 7) is 0.705. The summed E-state index contributed by atoms with van der Waals surface area (Å²) in [5.41, 5.74) is 3.88. The van der Waals surface area contributed by atoms with Crippen LogP contribution in [0.3, 0.4) is 0 Å². The van der Waals surface area contributed by atoms with Gasteiger partial charge in [-0.1, -0.05) is 72.8 Å². The topological polar surface area (TPSA) is 42.0 Å². The fourth-order valence-corrected chi connectivity index (χ4v) is 4.30. The minimum Gasteiger partial charge on any atom is -0.353 e. The highest BCUT2D eigenvalue weighted by Crippen LogP contribution is 2.59. The fraction of sp³-hybridized carbons (Fsp3) is 0.259. The smallest absolute Gasteiger partial charge is 0.243 e. The van der Waals surface area contributed by atoms with E-state index in [4.69, 9.17) is 0 Å². The molecule has 1 aliphatic rings. The molecule has 0 spiro atoms. The molecule has 0 aliphatic heterocycles. The second-order valence-electron chi connectivity index (χ2n) is 7.98. The van der Waals surface area contributed by atoms with E-state index in [2.05, 4.69) is 83.1 Å². The van der Waals surface area contributed by atoms with Crippen LogP contribution in [0.2, 0.25) is 0 Å². The monoisotopic (exact) mass is 396 g/mol. The lowest BCUT2D eigenvalue weighted by Gasteiger charge is -2.18. The Morgan fingerprint density at radius 2 is 1.67 bits per heavy atom. The zero-order valence-corrected chi connectivity index (χ0v) is 17.2. The summed E-state index contributed by atoms with van der Waals surface area (Å²) in [5.74, 6) is 0.344. The summed E-state index contributed by atoms with van der Waals surface area (Å²) in [7, 11) is 0. The SMILES string of the molecule is O=C(C=C[C@@H]1CC1(c1ccccc1)c1ccccc1)NCCCCc1cccnc1. The highest BCUT2D eigenvalue weighted by molar-refractivity contribution is 5.87. The quantitative estimate of drug-likeness (QED) is 0.405. The molecule has 30 heavy (non-hydrogen) atoms. The van der Waals surface area contributed by atoms with Crippen molar-refractivity contribution in [2.24, 2.45) is 5.92 Å². The van der Waals surface area contributed by atoms with E-state index >= 15 is 0 Å². The number of hydrogen-bond acceptors (Lipinski definition) is 2. The lowest BCUT2D eigenvalue weighted by molar-refractivity contribution is -0.116. The van der Waals surface area contributed by atoms with E-state index in [0.717, 1.165) is 25.7 Å². The number of carbonyl (C=O) groups excluding carboxylic acids is 1. The molecule has 0 bridgehead atoms. The number of carbonyl (C=O) groups is 1. The maximum atomic E-state index is 12.3. The van der Waals surface area contributed by atoms with Gasteiger partial charge in [-0.05, 0) is 60.4 Å². The number of hydrogen-bond donors (Lipinski definition) is 1. The molecule has 1 saturated carbocycles. The highest BCUT2D eigenvalue weighted by atomic mass is 16.1. The van der Waals surface area contributed by atoms with Crippen LogP contribution in [-0.2, 0) is 16.6 Å². The zero-order valence-electron chi connectivity index (χ0n) is 17.2. The molecule has 1 atom stereocenters. The Morgan fingerprint density at radius 1 is 0.967 bits per heavy atom. The number of aromatic nitrogens is 1. The summed E-state index contributed by atoms with van der Waals surface area (Å²) >= 11 is 0. The molecule has 152 valence electrons. The van der Waals surface area contributed by atoms with Crippen LogP contribution in [0.15, 0.2) is 97.3 Å². The number of pyridine rings is 1. The number of amides is 1. The van der Waals surface area contributed by atoms with Gasteiger partial charge in [-0.25, -0.2) is 0 Å². The number of allylic oxidation sites excluding steroid dienone is 1. The number of nitrogens with zero attached hydrogens (tertiary/aromatic N) is 1. The highest BCUT2D eigenvalue weighted by Gasteiger charge is 2.54. The Bertz CT molecular complexity index is 928. The van der Waals surface area contributed by atoms with Crippen molar-refractivity contribution >= 4 is 5.91 Å². The summed E-state index contributed by atoms with van der Waals surface area (Å²) < 4.78 is 0. The molecule has 0 radical (unpaired) electrons. The van der Waals surface area contributed by atoms with E-state index in [0.29, 0.717) is 12.5 Å². The zero-order chi connectivity index (χ0) is 20.7. The first-order valence-electron chi connectivity index (χ1n) is 10.7. The lowest BCUT2D eigenvalue weighted by Crippen LogP contribution is -2.22. The van der Waals surface area contributed by atoms with E-state index in [9.17, 15) is 4.79 Å². The first-order valence-corrected chi connectivity index (χ1v) is 10.7. The van der Waals surface area contributed by atoms with E-state index < -0.39 is 0 Å². The van der Waals surface area contributed by atoms with Crippen LogP contribution in [0, 0.1) is 5.92 Å². The van der Waals surface area contributed by atoms with E-state index in [1.165, 1.54) is 16.7 Å². The summed E-state index contributed by atoms with van der Waals surface area (Å²) in [4.78, 5) is 16.4. The molecule has 1 N–H and O–H groups in total. The van der Waals surface area contributed by atoms with Gasteiger partial charge in [0, 0.05) is 24.4 Å². The van der Waals surface area contributed by atoms with Crippen molar-refractivity contribution in [1.82, 2.24) is 10.3 Å². The average Bonchev–Trinajstić information content (AvgIpc) is 3.55. The molecule has 3 heteroatoms. The van der Waals surface area contributed by atoms with Crippen LogP contribution in [0.4, 0.5) is 0 Å². The van der Waals surface area contributed by atoms with Crippen LogP contribution in [0.1, 0.15) is 36.0 Å². The van der Waals surface area contributed by atoms with Gasteiger partial charge in [0.2, 0.25) is 5.91 Å². The van der Waals surface area contributed by atoms with E-state index in [1.807, 2.05) is 12.3 Å². The third-order valence-corrected chi connectivity index (χ3v) is 5.99. The second kappa shape index (κ2) is 9.53. The molecule has 3 nitrogen and oxygen atoms in total. The predicted molar refractivity (Wildman–Crippen MR) is 121 cm³/mol. The van der Waals surface area contributed by atoms with Gasteiger partial charge in [-0.2, -0.15) is 0 Å². The number of unbranched alkanes of at least 4 members (excludes halogenated alkanes) is 1. The van der Waals surface area contributed by atoms with Crippen molar-refractivity contribution in [3.8, 4) is 0 Å². The van der Waals surface area contributed by atoms with Crippen LogP contribution in [0.25, 0.3) is 0 Å². The van der Waals surface area contributed by atoms with Gasteiger partial charge >= 0.3 is 0 Å². The standard InChI is InChI=1S/C27H28N2O/c30-26(29-19-8-7-10-22-11-9-18-28-21-22)17-16-25-20-27(25,23-12-3-1-4-13-23)24-14-5-2-6-15-24/h1-6,9,11-18,21,25H,7-8,10,19-20H2,(H,29,30)/t25-/m1/s1. The Hall–Kier alpha value is -3.20. The van der Waals surface area contributed by atoms with Gasteiger partial charge in [0.05, 0.1) is 0 Å². The minimum absolute atomic E-state index is 0.00157. The number of rotatable bonds is 9. The van der Waals surface area contributed by atoms with Gasteiger partial charge in [0.1, 0.15) is 0 Å².